The van der Waals surface area contributed by atoms with E-state index in [1.807, 2.05) is 53.4 Å². The van der Waals surface area contributed by atoms with E-state index in [0.717, 1.165) is 34.1 Å². The highest BCUT2D eigenvalue weighted by Crippen LogP contribution is 2.31. The van der Waals surface area contributed by atoms with Crippen LogP contribution in [-0.4, -0.2) is 22.5 Å². The van der Waals surface area contributed by atoms with E-state index in [0.29, 0.717) is 6.54 Å². The van der Waals surface area contributed by atoms with Crippen LogP contribution in [0.2, 0.25) is 0 Å². The first-order valence-corrected chi connectivity index (χ1v) is 7.73. The fourth-order valence-electron chi connectivity index (χ4n) is 2.95. The maximum atomic E-state index is 11.7. The van der Waals surface area contributed by atoms with Gasteiger partial charge in [-0.25, -0.2) is 0 Å². The van der Waals surface area contributed by atoms with E-state index in [9.17, 15) is 9.90 Å². The summed E-state index contributed by atoms with van der Waals surface area (Å²) >= 11 is 3.46. The summed E-state index contributed by atoms with van der Waals surface area (Å²) < 4.78 is 1.02. The maximum absolute atomic E-state index is 11.7. The van der Waals surface area contributed by atoms with Gasteiger partial charge in [-0.15, -0.1) is 0 Å². The van der Waals surface area contributed by atoms with Gasteiger partial charge in [0, 0.05) is 17.6 Å². The van der Waals surface area contributed by atoms with Crippen LogP contribution >= 0.6 is 15.9 Å². The number of fused-ring (bicyclic) bond motifs is 1. The standard InChI is InChI=1S/C17H16BrNO2/c18-14-6-3-4-12(10-14)11-19-9-8-13-5-1-2-7-15(13)16(19)17(20)21/h1-7,10,16H,8-9,11H2,(H,20,21). The van der Waals surface area contributed by atoms with E-state index in [1.54, 1.807) is 0 Å². The van der Waals surface area contributed by atoms with Crippen LogP contribution in [0.1, 0.15) is 22.7 Å². The molecule has 108 valence electrons. The van der Waals surface area contributed by atoms with Crippen LogP contribution in [0, 0.1) is 0 Å². The molecule has 0 saturated carbocycles. The van der Waals surface area contributed by atoms with Crippen molar-refractivity contribution < 1.29 is 9.90 Å². The maximum Gasteiger partial charge on any atom is 0.325 e. The lowest BCUT2D eigenvalue weighted by Crippen LogP contribution is -2.39. The Bertz CT molecular complexity index is 671. The van der Waals surface area contributed by atoms with Crippen molar-refractivity contribution in [2.24, 2.45) is 0 Å². The molecule has 0 radical (unpaired) electrons. The van der Waals surface area contributed by atoms with Crippen molar-refractivity contribution in [3.63, 3.8) is 0 Å². The average Bonchev–Trinajstić information content (AvgIpc) is 2.46. The van der Waals surface area contributed by atoms with Gasteiger partial charge in [-0.2, -0.15) is 0 Å². The SMILES string of the molecule is O=C(O)C1c2ccccc2CCN1Cc1cccc(Br)c1. The highest BCUT2D eigenvalue weighted by Gasteiger charge is 2.32. The molecule has 21 heavy (non-hydrogen) atoms. The predicted octanol–water partition coefficient (Wildman–Crippen LogP) is 3.63. The van der Waals surface area contributed by atoms with Crippen molar-refractivity contribution in [1.29, 1.82) is 0 Å². The van der Waals surface area contributed by atoms with Gasteiger partial charge in [0.1, 0.15) is 6.04 Å². The molecule has 0 aromatic heterocycles. The van der Waals surface area contributed by atoms with Crippen LogP contribution in [0.25, 0.3) is 0 Å². The fraction of sp³-hybridized carbons (Fsp3) is 0.235. The third-order valence-corrected chi connectivity index (χ3v) is 4.39. The van der Waals surface area contributed by atoms with Crippen LogP contribution in [-0.2, 0) is 17.8 Å². The van der Waals surface area contributed by atoms with Crippen molar-refractivity contribution in [2.75, 3.05) is 6.54 Å². The molecular weight excluding hydrogens is 330 g/mol. The minimum Gasteiger partial charge on any atom is -0.480 e. The Balaban J connectivity index is 1.91. The monoisotopic (exact) mass is 345 g/mol. The fourth-order valence-corrected chi connectivity index (χ4v) is 3.39. The van der Waals surface area contributed by atoms with E-state index in [1.165, 1.54) is 0 Å². The van der Waals surface area contributed by atoms with Gasteiger partial charge in [0.2, 0.25) is 0 Å². The predicted molar refractivity (Wildman–Crippen MR) is 85.1 cm³/mol. The third-order valence-electron chi connectivity index (χ3n) is 3.89. The summed E-state index contributed by atoms with van der Waals surface area (Å²) in [6.07, 6.45) is 0.897. The summed E-state index contributed by atoms with van der Waals surface area (Å²) in [5.41, 5.74) is 3.19. The first-order valence-electron chi connectivity index (χ1n) is 6.94. The second-order valence-corrected chi connectivity index (χ2v) is 6.21. The second kappa shape index (κ2) is 6.00. The quantitative estimate of drug-likeness (QED) is 0.923. The molecule has 4 heteroatoms. The zero-order valence-electron chi connectivity index (χ0n) is 11.5. The van der Waals surface area contributed by atoms with Crippen molar-refractivity contribution in [2.45, 2.75) is 19.0 Å². The molecule has 2 aromatic rings. The minimum absolute atomic E-state index is 0.561. The Morgan fingerprint density at radius 1 is 1.24 bits per heavy atom. The first-order chi connectivity index (χ1) is 10.1. The Morgan fingerprint density at radius 2 is 2.05 bits per heavy atom. The smallest absolute Gasteiger partial charge is 0.325 e. The molecule has 2 aromatic carbocycles. The molecule has 1 N–H and O–H groups in total. The highest BCUT2D eigenvalue weighted by molar-refractivity contribution is 9.10. The number of aliphatic carboxylic acids is 1. The summed E-state index contributed by atoms with van der Waals surface area (Å²) in [6, 6.07) is 15.3. The van der Waals surface area contributed by atoms with Crippen molar-refractivity contribution in [3.05, 3.63) is 69.7 Å². The number of halogens is 1. The molecule has 0 bridgehead atoms. The number of benzene rings is 2. The van der Waals surface area contributed by atoms with Crippen molar-refractivity contribution >= 4 is 21.9 Å². The number of hydrogen-bond acceptors (Lipinski definition) is 2. The molecule has 0 amide bonds. The van der Waals surface area contributed by atoms with E-state index >= 15 is 0 Å². The second-order valence-electron chi connectivity index (χ2n) is 5.29. The lowest BCUT2D eigenvalue weighted by molar-refractivity contribution is -0.144. The lowest BCUT2D eigenvalue weighted by atomic mass is 9.92. The number of carbonyl (C=O) groups is 1. The third kappa shape index (κ3) is 3.01. The summed E-state index contributed by atoms with van der Waals surface area (Å²) in [5, 5.41) is 9.64. The van der Waals surface area contributed by atoms with Gasteiger partial charge in [-0.1, -0.05) is 52.3 Å². The lowest BCUT2D eigenvalue weighted by Gasteiger charge is -2.34. The normalized spacial score (nSPS) is 18.2. The van der Waals surface area contributed by atoms with Gasteiger partial charge >= 0.3 is 5.97 Å². The highest BCUT2D eigenvalue weighted by atomic mass is 79.9. The van der Waals surface area contributed by atoms with Gasteiger partial charge in [0.05, 0.1) is 0 Å². The number of carboxylic acids is 1. The van der Waals surface area contributed by atoms with Gasteiger partial charge < -0.3 is 5.11 Å². The zero-order chi connectivity index (χ0) is 14.8. The van der Waals surface area contributed by atoms with E-state index in [-0.39, 0.29) is 0 Å². The summed E-state index contributed by atoms with van der Waals surface area (Å²) in [5.74, 6) is -0.780. The van der Waals surface area contributed by atoms with Gasteiger partial charge in [-0.05, 0) is 35.2 Å². The van der Waals surface area contributed by atoms with Crippen LogP contribution in [0.4, 0.5) is 0 Å². The molecule has 1 heterocycles. The molecule has 3 nitrogen and oxygen atoms in total. The Hall–Kier alpha value is -1.65. The van der Waals surface area contributed by atoms with Crippen LogP contribution in [0.5, 0.6) is 0 Å². The minimum atomic E-state index is -0.780. The summed E-state index contributed by atoms with van der Waals surface area (Å²) in [7, 11) is 0. The molecule has 3 rings (SSSR count). The van der Waals surface area contributed by atoms with Crippen LogP contribution in [0.3, 0.4) is 0 Å². The van der Waals surface area contributed by atoms with E-state index in [2.05, 4.69) is 15.9 Å². The molecule has 1 unspecified atom stereocenters. The summed E-state index contributed by atoms with van der Waals surface area (Å²) in [4.78, 5) is 13.8. The molecule has 0 saturated heterocycles. The van der Waals surface area contributed by atoms with Crippen molar-refractivity contribution in [1.82, 2.24) is 4.90 Å². The zero-order valence-corrected chi connectivity index (χ0v) is 13.1. The molecule has 1 atom stereocenters. The Kier molecular flexibility index (Phi) is 4.08. The van der Waals surface area contributed by atoms with Crippen molar-refractivity contribution in [3.8, 4) is 0 Å². The first kappa shape index (κ1) is 14.3. The molecule has 1 aliphatic heterocycles. The molecule has 0 fully saturated rings. The number of rotatable bonds is 3. The molecule has 0 spiro atoms. The average molecular weight is 346 g/mol. The largest absolute Gasteiger partial charge is 0.480 e. The van der Waals surface area contributed by atoms with E-state index < -0.39 is 12.0 Å². The number of carboxylic acid groups (broad SMARTS) is 1. The van der Waals surface area contributed by atoms with Gasteiger partial charge in [0.25, 0.3) is 0 Å². The summed E-state index contributed by atoms with van der Waals surface area (Å²) in [6.45, 7) is 1.41. The van der Waals surface area contributed by atoms with Gasteiger partial charge in [-0.3, -0.25) is 9.69 Å². The molecule has 0 aliphatic carbocycles. The topological polar surface area (TPSA) is 40.5 Å². The molecule has 1 aliphatic rings. The van der Waals surface area contributed by atoms with Crippen LogP contribution in [0.15, 0.2) is 53.0 Å². The number of hydrogen-bond donors (Lipinski definition) is 1. The Morgan fingerprint density at radius 3 is 2.81 bits per heavy atom. The Labute approximate surface area is 132 Å². The number of nitrogens with zero attached hydrogens (tertiary/aromatic N) is 1. The van der Waals surface area contributed by atoms with Crippen LogP contribution < -0.4 is 0 Å². The molecular formula is C17H16BrNO2. The van der Waals surface area contributed by atoms with E-state index in [4.69, 9.17) is 0 Å². The van der Waals surface area contributed by atoms with Gasteiger partial charge in [0.15, 0.2) is 0 Å².